The average Bonchev–Trinajstić information content (AvgIpc) is 3.53. The minimum atomic E-state index is -1.38. The zero-order chi connectivity index (χ0) is 21.5. The van der Waals surface area contributed by atoms with Crippen LogP contribution < -0.4 is 17.1 Å². The number of aliphatic hydroxyl groups excluding tert-OH is 3. The summed E-state index contributed by atoms with van der Waals surface area (Å²) in [5.41, 5.74) is -4.12. The second kappa shape index (κ2) is 8.36. The van der Waals surface area contributed by atoms with Crippen LogP contribution in [0.5, 0.6) is 0 Å². The Morgan fingerprint density at radius 2 is 1.27 bits per heavy atom. The van der Waals surface area contributed by atoms with Crippen LogP contribution in [-0.2, 0) is 32.8 Å². The molecular formula is C18H27N3O9. The van der Waals surface area contributed by atoms with Crippen LogP contribution >= 0.6 is 0 Å². The fourth-order valence-electron chi connectivity index (χ4n) is 4.12. The monoisotopic (exact) mass is 429 g/mol. The lowest BCUT2D eigenvalue weighted by atomic mass is 9.80. The summed E-state index contributed by atoms with van der Waals surface area (Å²) in [5, 5.41) is 29.9. The van der Waals surface area contributed by atoms with Gasteiger partial charge in [-0.3, -0.25) is 0 Å². The van der Waals surface area contributed by atoms with E-state index in [9.17, 15) is 29.7 Å². The Bertz CT molecular complexity index is 881. The van der Waals surface area contributed by atoms with Crippen LogP contribution in [0.2, 0.25) is 0 Å². The molecule has 0 saturated carbocycles. The zero-order valence-electron chi connectivity index (χ0n) is 16.5. The maximum atomic E-state index is 13.3. The zero-order valence-corrected chi connectivity index (χ0v) is 16.5. The van der Waals surface area contributed by atoms with E-state index in [-0.39, 0.29) is 50.7 Å². The van der Waals surface area contributed by atoms with E-state index in [2.05, 4.69) is 0 Å². The second-order valence-corrected chi connectivity index (χ2v) is 8.06. The van der Waals surface area contributed by atoms with Crippen LogP contribution in [0.25, 0.3) is 0 Å². The van der Waals surface area contributed by atoms with Crippen molar-refractivity contribution in [2.45, 2.75) is 62.3 Å². The number of hydrogen-bond donors (Lipinski definition) is 3. The number of ether oxygens (including phenoxy) is 3. The molecule has 0 radical (unpaired) electrons. The lowest BCUT2D eigenvalue weighted by Gasteiger charge is -2.39. The molecule has 3 saturated heterocycles. The number of rotatable bonds is 12. The minimum absolute atomic E-state index is 0.168. The van der Waals surface area contributed by atoms with Crippen molar-refractivity contribution in [3.8, 4) is 0 Å². The van der Waals surface area contributed by atoms with Gasteiger partial charge in [-0.1, -0.05) is 0 Å². The van der Waals surface area contributed by atoms with Crippen LogP contribution in [0.4, 0.5) is 0 Å². The van der Waals surface area contributed by atoms with E-state index in [1.54, 1.807) is 0 Å². The summed E-state index contributed by atoms with van der Waals surface area (Å²) in [5.74, 6) is 0. The van der Waals surface area contributed by atoms with Gasteiger partial charge in [-0.25, -0.2) is 28.1 Å². The molecule has 12 nitrogen and oxygen atoms in total. The lowest BCUT2D eigenvalue weighted by Crippen LogP contribution is -2.64. The highest BCUT2D eigenvalue weighted by molar-refractivity contribution is 5.03. The molecule has 0 aromatic carbocycles. The first-order valence-electron chi connectivity index (χ1n) is 10.1. The molecule has 4 rings (SSSR count). The Balaban J connectivity index is 1.92. The molecule has 168 valence electrons. The fraction of sp³-hybridized carbons (Fsp3) is 0.833. The van der Waals surface area contributed by atoms with Gasteiger partial charge in [-0.05, 0) is 0 Å². The van der Waals surface area contributed by atoms with Crippen molar-refractivity contribution in [1.82, 2.24) is 13.7 Å². The fourth-order valence-corrected chi connectivity index (χ4v) is 4.12. The highest BCUT2D eigenvalue weighted by atomic mass is 16.6. The van der Waals surface area contributed by atoms with E-state index in [0.29, 0.717) is 19.8 Å². The third-order valence-corrected chi connectivity index (χ3v) is 5.87. The lowest BCUT2D eigenvalue weighted by molar-refractivity contribution is -0.00899. The van der Waals surface area contributed by atoms with Crippen LogP contribution in [0.15, 0.2) is 14.4 Å². The molecule has 0 amide bonds. The van der Waals surface area contributed by atoms with E-state index in [1.165, 1.54) is 0 Å². The van der Waals surface area contributed by atoms with E-state index >= 15 is 0 Å². The summed E-state index contributed by atoms with van der Waals surface area (Å²) >= 11 is 0. The molecule has 1 aromatic rings. The number of hydrogen-bond acceptors (Lipinski definition) is 9. The molecule has 30 heavy (non-hydrogen) atoms. The van der Waals surface area contributed by atoms with Crippen LogP contribution in [0, 0.1) is 0 Å². The largest absolute Gasteiger partial charge is 0.395 e. The Kier molecular flexibility index (Phi) is 5.97. The first-order chi connectivity index (χ1) is 14.4. The van der Waals surface area contributed by atoms with Crippen molar-refractivity contribution in [3.63, 3.8) is 0 Å². The van der Waals surface area contributed by atoms with Crippen molar-refractivity contribution < 1.29 is 29.5 Å². The molecule has 0 spiro atoms. The first-order valence-corrected chi connectivity index (χ1v) is 10.1. The third kappa shape index (κ3) is 4.15. The summed E-state index contributed by atoms with van der Waals surface area (Å²) in [6.45, 7) is -0.251. The highest BCUT2D eigenvalue weighted by Gasteiger charge is 2.52. The van der Waals surface area contributed by atoms with Crippen LogP contribution in [0.3, 0.4) is 0 Å². The van der Waals surface area contributed by atoms with Crippen molar-refractivity contribution in [2.75, 3.05) is 33.0 Å². The van der Waals surface area contributed by atoms with E-state index in [4.69, 9.17) is 14.2 Å². The molecule has 12 heteroatoms. The molecule has 4 heterocycles. The molecular weight excluding hydrogens is 402 g/mol. The summed E-state index contributed by atoms with van der Waals surface area (Å²) in [6, 6.07) is 0. The Hall–Kier alpha value is -1.83. The van der Waals surface area contributed by atoms with Gasteiger partial charge in [-0.2, -0.15) is 0 Å². The smallest absolute Gasteiger partial charge is 0.337 e. The van der Waals surface area contributed by atoms with Gasteiger partial charge in [0.05, 0.1) is 76.1 Å². The molecule has 3 N–H and O–H groups in total. The van der Waals surface area contributed by atoms with Crippen molar-refractivity contribution in [3.05, 3.63) is 31.5 Å². The van der Waals surface area contributed by atoms with Crippen LogP contribution in [-0.4, -0.2) is 86.5 Å². The number of aromatic nitrogens is 3. The predicted molar refractivity (Wildman–Crippen MR) is 100 cm³/mol. The third-order valence-electron chi connectivity index (χ3n) is 5.87. The van der Waals surface area contributed by atoms with Gasteiger partial charge in [0.2, 0.25) is 0 Å². The van der Waals surface area contributed by atoms with Crippen molar-refractivity contribution in [2.24, 2.45) is 0 Å². The van der Waals surface area contributed by atoms with Gasteiger partial charge in [0.25, 0.3) is 0 Å². The summed E-state index contributed by atoms with van der Waals surface area (Å²) in [7, 11) is 0. The predicted octanol–water partition coefficient (Wildman–Crippen LogP) is -3.42. The standard InChI is InChI=1S/C18H27N3O9/c22-3-1-19-15(25)20(2-4-23)17(27)21(16(19)26)18(6-12-9-29-12,7-13-10-30-13)14(24)5-11-8-28-11/h11-14,22-24H,1-10H2. The van der Waals surface area contributed by atoms with Gasteiger partial charge in [0.15, 0.2) is 0 Å². The number of epoxide rings is 3. The molecule has 0 aliphatic carbocycles. The van der Waals surface area contributed by atoms with Gasteiger partial charge in [0, 0.05) is 19.3 Å². The normalized spacial score (nSPS) is 27.5. The van der Waals surface area contributed by atoms with Gasteiger partial charge in [0.1, 0.15) is 0 Å². The second-order valence-electron chi connectivity index (χ2n) is 8.06. The van der Waals surface area contributed by atoms with Crippen LogP contribution in [0.1, 0.15) is 19.3 Å². The number of aliphatic hydroxyl groups is 3. The van der Waals surface area contributed by atoms with Gasteiger partial charge < -0.3 is 29.5 Å². The Labute approximate surface area is 170 Å². The summed E-state index contributed by atoms with van der Waals surface area (Å²) < 4.78 is 18.4. The molecule has 1 aromatic heterocycles. The molecule has 0 bridgehead atoms. The van der Waals surface area contributed by atoms with E-state index in [1.807, 2.05) is 0 Å². The van der Waals surface area contributed by atoms with Crippen molar-refractivity contribution >= 4 is 0 Å². The molecule has 3 aliphatic heterocycles. The molecule has 4 atom stereocenters. The van der Waals surface area contributed by atoms with Crippen molar-refractivity contribution in [1.29, 1.82) is 0 Å². The molecule has 3 fully saturated rings. The highest BCUT2D eigenvalue weighted by Crippen LogP contribution is 2.40. The quantitative estimate of drug-likeness (QED) is 0.287. The summed E-state index contributed by atoms with van der Waals surface area (Å²) in [6.07, 6.45) is -1.20. The Morgan fingerprint density at radius 1 is 0.833 bits per heavy atom. The molecule has 3 aliphatic rings. The number of nitrogens with zero attached hydrogens (tertiary/aromatic N) is 3. The maximum absolute atomic E-state index is 13.3. The maximum Gasteiger partial charge on any atom is 0.337 e. The first kappa shape index (κ1) is 21.4. The average molecular weight is 429 g/mol. The molecule has 4 unspecified atom stereocenters. The topological polar surface area (TPSA) is 164 Å². The van der Waals surface area contributed by atoms with E-state index < -0.39 is 41.9 Å². The van der Waals surface area contributed by atoms with Gasteiger partial charge in [-0.15, -0.1) is 0 Å². The van der Waals surface area contributed by atoms with Gasteiger partial charge >= 0.3 is 17.1 Å². The Morgan fingerprint density at radius 3 is 1.63 bits per heavy atom. The summed E-state index contributed by atoms with van der Waals surface area (Å²) in [4.78, 5) is 39.3. The van der Waals surface area contributed by atoms with E-state index in [0.717, 1.165) is 13.7 Å². The minimum Gasteiger partial charge on any atom is -0.395 e. The SMILES string of the molecule is O=c1n(CCO)c(=O)n(C(CC2CO2)(CC2CO2)C(O)CC2CO2)c(=O)n1CCO.